The van der Waals surface area contributed by atoms with Gasteiger partial charge < -0.3 is 4.74 Å². The predicted octanol–water partition coefficient (Wildman–Crippen LogP) is 3.85. The molecule has 1 aliphatic heterocycles. The first-order valence-electron chi connectivity index (χ1n) is 9.76. The first kappa shape index (κ1) is 15.3. The lowest BCUT2D eigenvalue weighted by atomic mass is 9.46. The average molecular weight is 328 g/mol. The Balaban J connectivity index is 1.52. The van der Waals surface area contributed by atoms with Crippen molar-refractivity contribution in [1.29, 1.82) is 0 Å². The van der Waals surface area contributed by atoms with Gasteiger partial charge in [-0.25, -0.2) is 0 Å². The molecule has 0 aromatic heterocycles. The van der Waals surface area contributed by atoms with Crippen LogP contribution in [0, 0.1) is 28.6 Å². The Bertz CT molecular complexity index is 679. The number of Topliss-reactive ketones (excluding diaryl/α,β-unsaturated/α-hetero) is 1. The van der Waals surface area contributed by atoms with Crippen LogP contribution in [0.5, 0.6) is 0 Å². The monoisotopic (exact) mass is 328 g/mol. The lowest BCUT2D eigenvalue weighted by Crippen LogP contribution is -2.54. The van der Waals surface area contributed by atoms with Gasteiger partial charge in [0.05, 0.1) is 6.10 Å². The molecule has 3 heteroatoms. The van der Waals surface area contributed by atoms with Crippen molar-refractivity contribution in [1.82, 2.24) is 0 Å². The highest BCUT2D eigenvalue weighted by atomic mass is 16.6. The summed E-state index contributed by atoms with van der Waals surface area (Å²) in [6, 6.07) is 0. The van der Waals surface area contributed by atoms with Crippen molar-refractivity contribution in [2.75, 3.05) is 0 Å². The van der Waals surface area contributed by atoms with Crippen molar-refractivity contribution in [2.24, 2.45) is 28.6 Å². The van der Waals surface area contributed by atoms with E-state index >= 15 is 0 Å². The molecule has 7 atom stereocenters. The number of hydrogen-bond acceptors (Lipinski definition) is 3. The summed E-state index contributed by atoms with van der Waals surface area (Å²) in [5, 5.41) is 0. The zero-order valence-corrected chi connectivity index (χ0v) is 15.1. The topological polar surface area (TPSA) is 46.7 Å². The van der Waals surface area contributed by atoms with Gasteiger partial charge in [-0.15, -0.1) is 0 Å². The van der Waals surface area contributed by atoms with Gasteiger partial charge in [0.1, 0.15) is 0 Å². The van der Waals surface area contributed by atoms with Crippen LogP contribution in [-0.4, -0.2) is 23.3 Å². The molecule has 4 aliphatic carbocycles. The number of ketones is 2. The van der Waals surface area contributed by atoms with Gasteiger partial charge in [-0.2, -0.15) is 0 Å². The molecule has 1 saturated heterocycles. The van der Waals surface area contributed by atoms with E-state index in [1.807, 2.05) is 6.08 Å². The number of fused-ring (bicyclic) bond motifs is 7. The summed E-state index contributed by atoms with van der Waals surface area (Å²) in [7, 11) is 0. The maximum absolute atomic E-state index is 12.4. The standard InChI is InChI=1S/C21H28O3/c1-12(22)21-18(24-21)11-17-15-5-4-13-10-14(23)6-8-19(13,2)16(15)7-9-20(17,21)3/h10,15-18H,4-9,11H2,1-3H3/t15-,16+,17+,18+,19+,20-,21+/m1/s1. The normalized spacial score (nSPS) is 55.0. The Morgan fingerprint density at radius 2 is 1.96 bits per heavy atom. The highest BCUT2D eigenvalue weighted by Gasteiger charge is 2.79. The molecule has 0 spiro atoms. The second-order valence-electron chi connectivity index (χ2n) is 9.56. The fourth-order valence-electron chi connectivity index (χ4n) is 7.62. The van der Waals surface area contributed by atoms with Crippen molar-refractivity contribution < 1.29 is 14.3 Å². The van der Waals surface area contributed by atoms with Crippen LogP contribution in [0.4, 0.5) is 0 Å². The van der Waals surface area contributed by atoms with E-state index in [4.69, 9.17) is 4.74 Å². The van der Waals surface area contributed by atoms with Crippen molar-refractivity contribution >= 4 is 11.6 Å². The highest BCUT2D eigenvalue weighted by molar-refractivity contribution is 5.92. The van der Waals surface area contributed by atoms with Gasteiger partial charge >= 0.3 is 0 Å². The lowest BCUT2D eigenvalue weighted by molar-refractivity contribution is -0.136. The third-order valence-corrected chi connectivity index (χ3v) is 8.92. The number of rotatable bonds is 1. The Labute approximate surface area is 144 Å². The first-order chi connectivity index (χ1) is 11.3. The van der Waals surface area contributed by atoms with Crippen molar-refractivity contribution in [3.63, 3.8) is 0 Å². The quantitative estimate of drug-likeness (QED) is 0.687. The maximum Gasteiger partial charge on any atom is 0.164 e. The SMILES string of the molecule is CC(=O)[C@]12O[C@H]1C[C@H]1[C@@H]3CCC4=CC(=O)CC[C@]4(C)[C@H]3CC[C@]12C. The van der Waals surface area contributed by atoms with Gasteiger partial charge in [0, 0.05) is 11.8 Å². The van der Waals surface area contributed by atoms with Gasteiger partial charge in [0.2, 0.25) is 0 Å². The van der Waals surface area contributed by atoms with Crippen molar-refractivity contribution in [3.05, 3.63) is 11.6 Å². The molecule has 0 amide bonds. The predicted molar refractivity (Wildman–Crippen MR) is 90.4 cm³/mol. The van der Waals surface area contributed by atoms with Crippen molar-refractivity contribution in [2.45, 2.75) is 77.4 Å². The third-order valence-electron chi connectivity index (χ3n) is 8.92. The van der Waals surface area contributed by atoms with Gasteiger partial charge in [-0.05, 0) is 74.7 Å². The Kier molecular flexibility index (Phi) is 2.81. The van der Waals surface area contributed by atoms with E-state index in [0.717, 1.165) is 25.7 Å². The second kappa shape index (κ2) is 4.41. The number of allylic oxidation sites excluding steroid dienone is 1. The lowest BCUT2D eigenvalue weighted by Gasteiger charge is -2.58. The zero-order chi connectivity index (χ0) is 16.9. The third kappa shape index (κ3) is 1.54. The van der Waals surface area contributed by atoms with Gasteiger partial charge in [0.25, 0.3) is 0 Å². The minimum atomic E-state index is -0.456. The second-order valence-corrected chi connectivity index (χ2v) is 9.56. The summed E-state index contributed by atoms with van der Waals surface area (Å²) in [5.41, 5.74) is 1.22. The van der Waals surface area contributed by atoms with Crippen molar-refractivity contribution in [3.8, 4) is 0 Å². The molecule has 1 heterocycles. The molecule has 0 aromatic carbocycles. The smallest absolute Gasteiger partial charge is 0.164 e. The van der Waals surface area contributed by atoms with Gasteiger partial charge in [0.15, 0.2) is 17.2 Å². The van der Waals surface area contributed by atoms with Crippen LogP contribution < -0.4 is 0 Å². The average Bonchev–Trinajstić information content (AvgIpc) is 3.21. The van der Waals surface area contributed by atoms with E-state index in [9.17, 15) is 9.59 Å². The molecule has 4 fully saturated rings. The van der Waals surface area contributed by atoms with Gasteiger partial charge in [-0.1, -0.05) is 19.4 Å². The summed E-state index contributed by atoms with van der Waals surface area (Å²) in [6.07, 6.45) is 9.53. The summed E-state index contributed by atoms with van der Waals surface area (Å²) in [6.45, 7) is 6.48. The molecule has 130 valence electrons. The summed E-state index contributed by atoms with van der Waals surface area (Å²) >= 11 is 0. The highest BCUT2D eigenvalue weighted by Crippen LogP contribution is 2.73. The Hall–Kier alpha value is -0.960. The first-order valence-corrected chi connectivity index (χ1v) is 9.76. The number of hydrogen-bond donors (Lipinski definition) is 0. The molecule has 0 unspecified atom stereocenters. The molecule has 0 N–H and O–H groups in total. The number of carbonyl (C=O) groups is 2. The van der Waals surface area contributed by atoms with Crippen LogP contribution in [0.2, 0.25) is 0 Å². The molecule has 0 aromatic rings. The summed E-state index contributed by atoms with van der Waals surface area (Å²) in [4.78, 5) is 24.3. The van der Waals surface area contributed by atoms with Crippen LogP contribution in [0.25, 0.3) is 0 Å². The Morgan fingerprint density at radius 1 is 1.17 bits per heavy atom. The molecule has 5 rings (SSSR count). The molecule has 5 aliphatic rings. The molecule has 24 heavy (non-hydrogen) atoms. The van der Waals surface area contributed by atoms with Crippen LogP contribution in [0.3, 0.4) is 0 Å². The molecule has 3 nitrogen and oxygen atoms in total. The van der Waals surface area contributed by atoms with E-state index < -0.39 is 5.60 Å². The Morgan fingerprint density at radius 3 is 2.71 bits per heavy atom. The minimum absolute atomic E-state index is 0.0345. The molecular formula is C21H28O3. The van der Waals surface area contributed by atoms with E-state index in [1.165, 1.54) is 18.4 Å². The summed E-state index contributed by atoms with van der Waals surface area (Å²) < 4.78 is 5.99. The van der Waals surface area contributed by atoms with E-state index in [2.05, 4.69) is 13.8 Å². The molecule has 0 bridgehead atoms. The van der Waals surface area contributed by atoms with Crippen LogP contribution in [0.15, 0.2) is 11.6 Å². The van der Waals surface area contributed by atoms with Crippen LogP contribution in [0.1, 0.15) is 65.7 Å². The number of ether oxygens (including phenoxy) is 1. The number of carbonyl (C=O) groups excluding carboxylic acids is 2. The molecule has 3 saturated carbocycles. The maximum atomic E-state index is 12.4. The van der Waals surface area contributed by atoms with Crippen LogP contribution >= 0.6 is 0 Å². The van der Waals surface area contributed by atoms with Gasteiger partial charge in [-0.3, -0.25) is 9.59 Å². The molecule has 0 radical (unpaired) electrons. The van der Waals surface area contributed by atoms with E-state index in [-0.39, 0.29) is 22.7 Å². The fraction of sp³-hybridized carbons (Fsp3) is 0.810. The van der Waals surface area contributed by atoms with E-state index in [1.54, 1.807) is 6.92 Å². The van der Waals surface area contributed by atoms with Crippen LogP contribution in [-0.2, 0) is 14.3 Å². The van der Waals surface area contributed by atoms with E-state index in [0.29, 0.717) is 30.0 Å². The minimum Gasteiger partial charge on any atom is -0.357 e. The zero-order valence-electron chi connectivity index (χ0n) is 15.1. The summed E-state index contributed by atoms with van der Waals surface area (Å²) in [5.74, 6) is 2.58. The largest absolute Gasteiger partial charge is 0.357 e. The molecular weight excluding hydrogens is 300 g/mol. The number of epoxide rings is 1. The fourth-order valence-corrected chi connectivity index (χ4v) is 7.62.